The van der Waals surface area contributed by atoms with E-state index in [0.29, 0.717) is 11.1 Å². The third-order valence-corrected chi connectivity index (χ3v) is 3.70. The van der Waals surface area contributed by atoms with E-state index in [2.05, 4.69) is 10.6 Å². The number of piperidine rings is 1. The van der Waals surface area contributed by atoms with Gasteiger partial charge in [-0.3, -0.25) is 4.79 Å². The molecule has 6 heteroatoms. The van der Waals surface area contributed by atoms with Crippen LogP contribution in [0.2, 0.25) is 5.02 Å². The minimum absolute atomic E-state index is 0.00725. The summed E-state index contributed by atoms with van der Waals surface area (Å²) in [5.41, 5.74) is 0.297. The van der Waals surface area contributed by atoms with E-state index in [0.717, 1.165) is 19.4 Å². The van der Waals surface area contributed by atoms with Crippen molar-refractivity contribution in [2.45, 2.75) is 25.8 Å². The number of halogens is 1. The van der Waals surface area contributed by atoms with E-state index in [9.17, 15) is 9.59 Å². The number of anilines is 1. The molecule has 0 bridgehead atoms. The van der Waals surface area contributed by atoms with Gasteiger partial charge in [-0.25, -0.2) is 4.79 Å². The standard InChI is InChI=1S/C14H17ClN2O3/c1-8-6-9(4-5-16-8)13(18)17-12-3-2-10(15)7-11(12)14(19)20/h2-3,7-9,16H,4-6H2,1H3,(H,17,18)(H,19,20). The Morgan fingerprint density at radius 2 is 2.20 bits per heavy atom. The van der Waals surface area contributed by atoms with Crippen molar-refractivity contribution >= 4 is 29.2 Å². The quantitative estimate of drug-likeness (QED) is 0.800. The van der Waals surface area contributed by atoms with E-state index < -0.39 is 5.97 Å². The molecule has 2 rings (SSSR count). The van der Waals surface area contributed by atoms with Gasteiger partial charge in [0.2, 0.25) is 5.91 Å². The van der Waals surface area contributed by atoms with Crippen LogP contribution < -0.4 is 10.6 Å². The second-order valence-corrected chi connectivity index (χ2v) is 5.50. The number of nitrogens with one attached hydrogen (secondary N) is 2. The van der Waals surface area contributed by atoms with Crippen LogP contribution in [0.15, 0.2) is 18.2 Å². The molecule has 0 aliphatic carbocycles. The second-order valence-electron chi connectivity index (χ2n) is 5.06. The lowest BCUT2D eigenvalue weighted by atomic mass is 9.92. The summed E-state index contributed by atoms with van der Waals surface area (Å²) < 4.78 is 0. The molecule has 0 radical (unpaired) electrons. The molecule has 1 fully saturated rings. The molecule has 2 atom stereocenters. The van der Waals surface area contributed by atoms with Crippen molar-refractivity contribution in [1.82, 2.24) is 5.32 Å². The first-order valence-electron chi connectivity index (χ1n) is 6.54. The minimum Gasteiger partial charge on any atom is -0.478 e. The zero-order valence-electron chi connectivity index (χ0n) is 11.1. The fourth-order valence-corrected chi connectivity index (χ4v) is 2.58. The van der Waals surface area contributed by atoms with E-state index in [1.807, 2.05) is 6.92 Å². The van der Waals surface area contributed by atoms with Crippen LogP contribution in [0.3, 0.4) is 0 Å². The molecular weight excluding hydrogens is 280 g/mol. The first-order chi connectivity index (χ1) is 9.47. The number of carbonyl (C=O) groups excluding carboxylic acids is 1. The van der Waals surface area contributed by atoms with E-state index >= 15 is 0 Å². The number of rotatable bonds is 3. The predicted molar refractivity (Wildman–Crippen MR) is 77.2 cm³/mol. The van der Waals surface area contributed by atoms with Crippen molar-refractivity contribution < 1.29 is 14.7 Å². The lowest BCUT2D eigenvalue weighted by molar-refractivity contribution is -0.120. The largest absolute Gasteiger partial charge is 0.478 e. The molecular formula is C14H17ClN2O3. The Morgan fingerprint density at radius 3 is 2.85 bits per heavy atom. The fraction of sp³-hybridized carbons (Fsp3) is 0.429. The molecule has 20 heavy (non-hydrogen) atoms. The van der Waals surface area contributed by atoms with Gasteiger partial charge in [0, 0.05) is 17.0 Å². The van der Waals surface area contributed by atoms with Gasteiger partial charge in [0.05, 0.1) is 11.3 Å². The van der Waals surface area contributed by atoms with Gasteiger partial charge in [-0.15, -0.1) is 0 Å². The Morgan fingerprint density at radius 1 is 1.45 bits per heavy atom. The van der Waals surface area contributed by atoms with Gasteiger partial charge < -0.3 is 15.7 Å². The van der Waals surface area contributed by atoms with E-state index in [1.54, 1.807) is 6.07 Å². The molecule has 1 aromatic rings. The molecule has 3 N–H and O–H groups in total. The summed E-state index contributed by atoms with van der Waals surface area (Å²) in [4.78, 5) is 23.4. The number of carbonyl (C=O) groups is 2. The fourth-order valence-electron chi connectivity index (χ4n) is 2.41. The summed E-state index contributed by atoms with van der Waals surface area (Å²) in [6, 6.07) is 4.72. The highest BCUT2D eigenvalue weighted by Gasteiger charge is 2.25. The lowest BCUT2D eigenvalue weighted by Gasteiger charge is -2.27. The van der Waals surface area contributed by atoms with Crippen molar-refractivity contribution in [3.8, 4) is 0 Å². The molecule has 5 nitrogen and oxygen atoms in total. The molecule has 1 aliphatic heterocycles. The van der Waals surface area contributed by atoms with Crippen LogP contribution in [0.5, 0.6) is 0 Å². The third-order valence-electron chi connectivity index (χ3n) is 3.46. The average molecular weight is 297 g/mol. The molecule has 1 aliphatic rings. The average Bonchev–Trinajstić information content (AvgIpc) is 2.40. The van der Waals surface area contributed by atoms with Crippen LogP contribution >= 0.6 is 11.6 Å². The molecule has 0 aromatic heterocycles. The van der Waals surface area contributed by atoms with E-state index in [1.165, 1.54) is 12.1 Å². The monoisotopic (exact) mass is 296 g/mol. The van der Waals surface area contributed by atoms with Crippen molar-refractivity contribution in [2.24, 2.45) is 5.92 Å². The molecule has 0 spiro atoms. The molecule has 108 valence electrons. The number of carboxylic acids is 1. The van der Waals surface area contributed by atoms with Gasteiger partial charge in [-0.1, -0.05) is 11.6 Å². The minimum atomic E-state index is -1.11. The molecule has 1 aromatic carbocycles. The highest BCUT2D eigenvalue weighted by molar-refractivity contribution is 6.31. The summed E-state index contributed by atoms with van der Waals surface area (Å²) in [6.07, 6.45) is 1.51. The summed E-state index contributed by atoms with van der Waals surface area (Å²) in [5, 5.41) is 15.4. The Hall–Kier alpha value is -1.59. The molecule has 1 amide bonds. The zero-order valence-corrected chi connectivity index (χ0v) is 11.9. The maximum Gasteiger partial charge on any atom is 0.337 e. The van der Waals surface area contributed by atoms with Crippen molar-refractivity contribution in [2.75, 3.05) is 11.9 Å². The number of amides is 1. The van der Waals surface area contributed by atoms with Crippen LogP contribution in [0.1, 0.15) is 30.1 Å². The summed E-state index contributed by atoms with van der Waals surface area (Å²) in [6.45, 7) is 2.83. The Balaban J connectivity index is 2.13. The van der Waals surface area contributed by atoms with Crippen LogP contribution in [0.25, 0.3) is 0 Å². The van der Waals surface area contributed by atoms with E-state index in [4.69, 9.17) is 16.7 Å². The lowest BCUT2D eigenvalue weighted by Crippen LogP contribution is -2.40. The highest BCUT2D eigenvalue weighted by Crippen LogP contribution is 2.23. The van der Waals surface area contributed by atoms with Crippen molar-refractivity contribution in [3.05, 3.63) is 28.8 Å². The first kappa shape index (κ1) is 14.8. The SMILES string of the molecule is CC1CC(C(=O)Nc2ccc(Cl)cc2C(=O)O)CCN1. The number of benzene rings is 1. The molecule has 0 saturated carbocycles. The molecule has 2 unspecified atom stereocenters. The summed E-state index contributed by atoms with van der Waals surface area (Å²) >= 11 is 5.78. The maximum absolute atomic E-state index is 12.2. The number of aromatic carboxylic acids is 1. The van der Waals surface area contributed by atoms with E-state index in [-0.39, 0.29) is 23.1 Å². The number of hydrogen-bond donors (Lipinski definition) is 3. The topological polar surface area (TPSA) is 78.4 Å². The van der Waals surface area contributed by atoms with Crippen LogP contribution in [-0.4, -0.2) is 29.6 Å². The van der Waals surface area contributed by atoms with Gasteiger partial charge >= 0.3 is 5.97 Å². The van der Waals surface area contributed by atoms with Gasteiger partial charge in [0.1, 0.15) is 0 Å². The Bertz CT molecular complexity index is 533. The zero-order chi connectivity index (χ0) is 14.7. The maximum atomic E-state index is 12.2. The number of carboxylic acid groups (broad SMARTS) is 1. The predicted octanol–water partition coefficient (Wildman–Crippen LogP) is 2.36. The highest BCUT2D eigenvalue weighted by atomic mass is 35.5. The van der Waals surface area contributed by atoms with Crippen LogP contribution in [0.4, 0.5) is 5.69 Å². The van der Waals surface area contributed by atoms with Crippen molar-refractivity contribution in [3.63, 3.8) is 0 Å². The van der Waals surface area contributed by atoms with Crippen molar-refractivity contribution in [1.29, 1.82) is 0 Å². The first-order valence-corrected chi connectivity index (χ1v) is 6.92. The molecule has 1 saturated heterocycles. The molecule has 1 heterocycles. The van der Waals surface area contributed by atoms with Crippen LogP contribution in [0, 0.1) is 5.92 Å². The van der Waals surface area contributed by atoms with Gasteiger partial charge in [0.15, 0.2) is 0 Å². The number of hydrogen-bond acceptors (Lipinski definition) is 3. The van der Waals surface area contributed by atoms with Gasteiger partial charge in [-0.05, 0) is 44.5 Å². The summed E-state index contributed by atoms with van der Waals surface area (Å²) in [7, 11) is 0. The normalized spacial score (nSPS) is 22.3. The van der Waals surface area contributed by atoms with Gasteiger partial charge in [-0.2, -0.15) is 0 Å². The van der Waals surface area contributed by atoms with Gasteiger partial charge in [0.25, 0.3) is 0 Å². The summed E-state index contributed by atoms with van der Waals surface area (Å²) in [5.74, 6) is -1.34. The van der Waals surface area contributed by atoms with Crippen LogP contribution in [-0.2, 0) is 4.79 Å². The third kappa shape index (κ3) is 3.49. The Labute approximate surface area is 122 Å². The second kappa shape index (κ2) is 6.24. The smallest absolute Gasteiger partial charge is 0.337 e. The Kier molecular flexibility index (Phi) is 4.62.